The fourth-order valence-electron chi connectivity index (χ4n) is 2.56. The lowest BCUT2D eigenvalue weighted by Crippen LogP contribution is -2.23. The molecule has 0 fully saturated rings. The summed E-state index contributed by atoms with van der Waals surface area (Å²) in [4.78, 5) is 39.5. The summed E-state index contributed by atoms with van der Waals surface area (Å²) in [5.41, 5.74) is 0.500. The molecule has 0 radical (unpaired) electrons. The van der Waals surface area contributed by atoms with Gasteiger partial charge in [-0.15, -0.1) is 0 Å². The van der Waals surface area contributed by atoms with Crippen LogP contribution in [0.25, 0.3) is 10.2 Å². The first kappa shape index (κ1) is 21.0. The molecule has 29 heavy (non-hydrogen) atoms. The average molecular weight is 454 g/mol. The van der Waals surface area contributed by atoms with Crippen molar-refractivity contribution >= 4 is 62.3 Å². The summed E-state index contributed by atoms with van der Waals surface area (Å²) in [6.45, 7) is 1.66. The van der Waals surface area contributed by atoms with Gasteiger partial charge in [-0.25, -0.2) is 0 Å². The van der Waals surface area contributed by atoms with Crippen LogP contribution in [0, 0.1) is 10.1 Å². The third kappa shape index (κ3) is 4.64. The van der Waals surface area contributed by atoms with Crippen molar-refractivity contribution in [2.75, 3.05) is 6.61 Å². The van der Waals surface area contributed by atoms with Crippen LogP contribution in [0.3, 0.4) is 0 Å². The van der Waals surface area contributed by atoms with E-state index in [4.69, 9.17) is 27.9 Å². The van der Waals surface area contributed by atoms with Crippen molar-refractivity contribution < 1.29 is 19.2 Å². The lowest BCUT2D eigenvalue weighted by Gasteiger charge is -2.05. The molecule has 11 heteroatoms. The van der Waals surface area contributed by atoms with Gasteiger partial charge in [0.2, 0.25) is 0 Å². The molecular formula is C18H13Cl2N3O5S. The van der Waals surface area contributed by atoms with Crippen molar-refractivity contribution in [1.29, 1.82) is 0 Å². The summed E-state index contributed by atoms with van der Waals surface area (Å²) in [5, 5.41) is 11.6. The van der Waals surface area contributed by atoms with Crippen LogP contribution in [0.4, 0.5) is 5.69 Å². The number of hydrogen-bond donors (Lipinski definition) is 0. The molecule has 0 saturated carbocycles. The minimum absolute atomic E-state index is 0.102. The van der Waals surface area contributed by atoms with Crippen molar-refractivity contribution in [1.82, 2.24) is 4.57 Å². The van der Waals surface area contributed by atoms with Crippen molar-refractivity contribution in [2.45, 2.75) is 13.5 Å². The van der Waals surface area contributed by atoms with E-state index in [0.717, 1.165) is 11.3 Å². The van der Waals surface area contributed by atoms with Crippen molar-refractivity contribution in [3.05, 3.63) is 66.9 Å². The number of rotatable bonds is 5. The summed E-state index contributed by atoms with van der Waals surface area (Å²) in [6.07, 6.45) is 0. The Bertz CT molecular complexity index is 1200. The Hall–Kier alpha value is -2.75. The Morgan fingerprint density at radius 2 is 2.00 bits per heavy atom. The molecule has 150 valence electrons. The molecule has 0 aliphatic rings. The number of ether oxygens (including phenoxy) is 1. The maximum Gasteiger partial charge on any atom is 0.326 e. The van der Waals surface area contributed by atoms with E-state index in [0.29, 0.717) is 15.2 Å². The monoisotopic (exact) mass is 453 g/mol. The molecular weight excluding hydrogens is 441 g/mol. The number of nitro benzene ring substituents is 1. The third-order valence-corrected chi connectivity index (χ3v) is 5.43. The van der Waals surface area contributed by atoms with Crippen LogP contribution >= 0.6 is 34.5 Å². The number of hydrogen-bond acceptors (Lipinski definition) is 6. The number of esters is 1. The second-order valence-corrected chi connectivity index (χ2v) is 7.58. The van der Waals surface area contributed by atoms with Crippen LogP contribution in [-0.4, -0.2) is 28.0 Å². The standard InChI is InChI=1S/C18H13Cl2N3O5S/c1-2-28-16(24)9-22-14-6-4-11(23(26)27)8-15(14)29-18(22)21-17(25)12-7-10(19)3-5-13(12)20/h3-8H,2,9H2,1H3. The minimum atomic E-state index is -0.656. The predicted molar refractivity (Wildman–Crippen MR) is 109 cm³/mol. The van der Waals surface area contributed by atoms with Gasteiger partial charge in [-0.1, -0.05) is 34.5 Å². The Kier molecular flexibility index (Phi) is 6.31. The van der Waals surface area contributed by atoms with Gasteiger partial charge in [-0.3, -0.25) is 19.7 Å². The van der Waals surface area contributed by atoms with Crippen LogP contribution in [0.15, 0.2) is 41.4 Å². The molecule has 2 aromatic carbocycles. The Morgan fingerprint density at radius 3 is 2.69 bits per heavy atom. The number of benzene rings is 2. The fourth-order valence-corrected chi connectivity index (χ4v) is 3.99. The molecule has 0 aliphatic heterocycles. The smallest absolute Gasteiger partial charge is 0.326 e. The molecule has 0 spiro atoms. The zero-order chi connectivity index (χ0) is 21.1. The highest BCUT2D eigenvalue weighted by Gasteiger charge is 2.17. The number of fused-ring (bicyclic) bond motifs is 1. The predicted octanol–water partition coefficient (Wildman–Crippen LogP) is 4.22. The van der Waals surface area contributed by atoms with Crippen LogP contribution in [0.2, 0.25) is 10.0 Å². The number of amides is 1. The Morgan fingerprint density at radius 1 is 1.24 bits per heavy atom. The highest BCUT2D eigenvalue weighted by atomic mass is 35.5. The van der Waals surface area contributed by atoms with E-state index >= 15 is 0 Å². The van der Waals surface area contributed by atoms with E-state index in [-0.39, 0.29) is 34.2 Å². The minimum Gasteiger partial charge on any atom is -0.465 e. The van der Waals surface area contributed by atoms with Gasteiger partial charge >= 0.3 is 5.97 Å². The first-order valence-electron chi connectivity index (χ1n) is 8.27. The normalized spacial score (nSPS) is 11.6. The second-order valence-electron chi connectivity index (χ2n) is 5.73. The molecule has 0 atom stereocenters. The first-order chi connectivity index (χ1) is 13.8. The number of non-ortho nitro benzene ring substituents is 1. The van der Waals surface area contributed by atoms with E-state index in [1.807, 2.05) is 0 Å². The molecule has 1 aromatic heterocycles. The number of carbonyl (C=O) groups is 2. The number of thiazole rings is 1. The van der Waals surface area contributed by atoms with Crippen LogP contribution in [0.5, 0.6) is 0 Å². The number of nitrogens with zero attached hydrogens (tertiary/aromatic N) is 3. The quantitative estimate of drug-likeness (QED) is 0.326. The van der Waals surface area contributed by atoms with Gasteiger partial charge in [-0.2, -0.15) is 4.99 Å². The highest BCUT2D eigenvalue weighted by Crippen LogP contribution is 2.24. The maximum atomic E-state index is 12.7. The molecule has 0 aliphatic carbocycles. The van der Waals surface area contributed by atoms with Gasteiger partial charge in [0.15, 0.2) is 4.80 Å². The molecule has 8 nitrogen and oxygen atoms in total. The lowest BCUT2D eigenvalue weighted by atomic mass is 10.2. The van der Waals surface area contributed by atoms with Crippen molar-refractivity contribution in [3.8, 4) is 0 Å². The summed E-state index contributed by atoms with van der Waals surface area (Å²) in [6, 6.07) is 8.59. The van der Waals surface area contributed by atoms with Crippen LogP contribution in [-0.2, 0) is 16.1 Å². The van der Waals surface area contributed by atoms with Gasteiger partial charge in [0.05, 0.1) is 32.3 Å². The molecule has 1 amide bonds. The Balaban J connectivity index is 2.17. The molecule has 3 aromatic rings. The second kappa shape index (κ2) is 8.73. The number of halogens is 2. The van der Waals surface area contributed by atoms with E-state index in [1.54, 1.807) is 13.0 Å². The van der Waals surface area contributed by atoms with Crippen molar-refractivity contribution in [3.63, 3.8) is 0 Å². The number of aromatic nitrogens is 1. The summed E-state index contributed by atoms with van der Waals surface area (Å²) >= 11 is 13.0. The van der Waals surface area contributed by atoms with Crippen molar-refractivity contribution in [2.24, 2.45) is 4.99 Å². The van der Waals surface area contributed by atoms with Gasteiger partial charge in [-0.05, 0) is 31.2 Å². The largest absolute Gasteiger partial charge is 0.465 e. The average Bonchev–Trinajstić information content (AvgIpc) is 3.00. The molecule has 0 N–H and O–H groups in total. The zero-order valence-corrected chi connectivity index (χ0v) is 17.3. The van der Waals surface area contributed by atoms with E-state index in [2.05, 4.69) is 4.99 Å². The molecule has 3 rings (SSSR count). The SMILES string of the molecule is CCOC(=O)Cn1c(=NC(=O)c2cc(Cl)ccc2Cl)sc2cc([N+](=O)[O-])ccc21. The van der Waals surface area contributed by atoms with Crippen LogP contribution in [0.1, 0.15) is 17.3 Å². The Labute approximate surface area is 178 Å². The lowest BCUT2D eigenvalue weighted by molar-refractivity contribution is -0.384. The topological polar surface area (TPSA) is 104 Å². The zero-order valence-electron chi connectivity index (χ0n) is 14.9. The van der Waals surface area contributed by atoms with E-state index < -0.39 is 16.8 Å². The van der Waals surface area contributed by atoms with Gasteiger partial charge < -0.3 is 9.30 Å². The van der Waals surface area contributed by atoms with Gasteiger partial charge in [0.25, 0.3) is 11.6 Å². The van der Waals surface area contributed by atoms with Gasteiger partial charge in [0.1, 0.15) is 6.54 Å². The summed E-state index contributed by atoms with van der Waals surface area (Å²) in [7, 11) is 0. The molecule has 1 heterocycles. The number of carbonyl (C=O) groups excluding carboxylic acids is 2. The first-order valence-corrected chi connectivity index (χ1v) is 9.85. The van der Waals surface area contributed by atoms with E-state index in [1.165, 1.54) is 34.9 Å². The maximum absolute atomic E-state index is 12.7. The van der Waals surface area contributed by atoms with Gasteiger partial charge in [0, 0.05) is 17.2 Å². The van der Waals surface area contributed by atoms with Crippen LogP contribution < -0.4 is 4.80 Å². The molecule has 0 bridgehead atoms. The highest BCUT2D eigenvalue weighted by molar-refractivity contribution is 7.16. The van der Waals surface area contributed by atoms with E-state index in [9.17, 15) is 19.7 Å². The summed E-state index contributed by atoms with van der Waals surface area (Å²) < 4.78 is 6.94. The fraction of sp³-hybridized carbons (Fsp3) is 0.167. The third-order valence-electron chi connectivity index (χ3n) is 3.83. The molecule has 0 unspecified atom stereocenters. The number of nitro groups is 1. The summed E-state index contributed by atoms with van der Waals surface area (Å²) in [5.74, 6) is -1.18. The molecule has 0 saturated heterocycles.